The normalized spacial score (nSPS) is 11.7. The molecule has 0 saturated heterocycles. The van der Waals surface area contributed by atoms with Crippen molar-refractivity contribution in [2.75, 3.05) is 13.2 Å². The molecule has 8 heteroatoms. The van der Waals surface area contributed by atoms with Gasteiger partial charge in [0.1, 0.15) is 11.8 Å². The molecule has 0 spiro atoms. The molecule has 5 nitrogen and oxygen atoms in total. The molecule has 0 aliphatic rings. The Morgan fingerprint density at radius 2 is 1.72 bits per heavy atom. The maximum absolute atomic E-state index is 13.3. The Bertz CT molecular complexity index is 925. The third-order valence-corrected chi connectivity index (χ3v) is 7.06. The van der Waals surface area contributed by atoms with Crippen LogP contribution in [0.4, 0.5) is 0 Å². The van der Waals surface area contributed by atoms with E-state index in [1.54, 1.807) is 18.2 Å². The number of rotatable bonds is 10. The first-order valence-corrected chi connectivity index (χ1v) is 12.1. The predicted octanol–water partition coefficient (Wildman–Crippen LogP) is 6.09. The Morgan fingerprint density at radius 1 is 1.12 bits per heavy atom. The number of hydrogen-bond donors (Lipinski definition) is 1. The quantitative estimate of drug-likeness (QED) is 0.394. The summed E-state index contributed by atoms with van der Waals surface area (Å²) in [5.41, 5.74) is 2.62. The first-order chi connectivity index (χ1) is 15.2. The van der Waals surface area contributed by atoms with Gasteiger partial charge in [0.25, 0.3) is 5.91 Å². The lowest BCUT2D eigenvalue weighted by Crippen LogP contribution is -2.50. The average Bonchev–Trinajstić information content (AvgIpc) is 2.75. The van der Waals surface area contributed by atoms with Crippen LogP contribution in [0.3, 0.4) is 0 Å². The molecule has 0 bridgehead atoms. The number of nitrogens with zero attached hydrogens (tertiary/aromatic N) is 1. The second-order valence-corrected chi connectivity index (χ2v) is 9.20. The Kier molecular flexibility index (Phi) is 10.3. The van der Waals surface area contributed by atoms with Crippen molar-refractivity contribution >= 4 is 50.9 Å². The largest absolute Gasteiger partial charge is 0.484 e. The zero-order chi connectivity index (χ0) is 23.8. The van der Waals surface area contributed by atoms with Gasteiger partial charge in [-0.05, 0) is 62.1 Å². The minimum atomic E-state index is -0.668. The molecule has 174 valence electrons. The van der Waals surface area contributed by atoms with Crippen molar-refractivity contribution in [2.24, 2.45) is 0 Å². The molecule has 0 saturated carbocycles. The van der Waals surface area contributed by atoms with Crippen molar-refractivity contribution in [1.29, 1.82) is 0 Å². The summed E-state index contributed by atoms with van der Waals surface area (Å²) < 4.78 is 6.81. The standard InChI is InChI=1S/C24H29BrCl2N2O3/c1-5-10-28-24(31)21(6-2)29(13-18-19(26)8-7-9-20(18)27)22(30)14-32-17-11-15(3)23(25)16(4)12-17/h7-9,11-12,21H,5-6,10,13-14H2,1-4H3,(H,28,31). The summed E-state index contributed by atoms with van der Waals surface area (Å²) in [5.74, 6) is 0.0645. The van der Waals surface area contributed by atoms with Crippen molar-refractivity contribution in [1.82, 2.24) is 10.2 Å². The molecule has 0 aromatic heterocycles. The van der Waals surface area contributed by atoms with E-state index in [0.717, 1.165) is 22.0 Å². The van der Waals surface area contributed by atoms with Crippen molar-refractivity contribution in [3.8, 4) is 5.75 Å². The maximum Gasteiger partial charge on any atom is 0.261 e. The molecule has 2 aromatic carbocycles. The maximum atomic E-state index is 13.3. The van der Waals surface area contributed by atoms with Crippen molar-refractivity contribution in [2.45, 2.75) is 53.1 Å². The lowest BCUT2D eigenvalue weighted by Gasteiger charge is -2.31. The van der Waals surface area contributed by atoms with Crippen LogP contribution in [-0.2, 0) is 16.1 Å². The smallest absolute Gasteiger partial charge is 0.261 e. The van der Waals surface area contributed by atoms with E-state index in [1.807, 2.05) is 39.8 Å². The highest BCUT2D eigenvalue weighted by Crippen LogP contribution is 2.28. The number of hydrogen-bond acceptors (Lipinski definition) is 3. The fraction of sp³-hybridized carbons (Fsp3) is 0.417. The topological polar surface area (TPSA) is 58.6 Å². The molecule has 2 amide bonds. The molecule has 1 N–H and O–H groups in total. The fourth-order valence-corrected chi connectivity index (χ4v) is 4.10. The molecule has 1 atom stereocenters. The van der Waals surface area contributed by atoms with Crippen LogP contribution in [0.25, 0.3) is 0 Å². The summed E-state index contributed by atoms with van der Waals surface area (Å²) in [5, 5.41) is 3.77. The first kappa shape index (κ1) is 26.5. The van der Waals surface area contributed by atoms with Gasteiger partial charge < -0.3 is 15.0 Å². The lowest BCUT2D eigenvalue weighted by atomic mass is 10.1. The Labute approximate surface area is 208 Å². The van der Waals surface area contributed by atoms with Crippen molar-refractivity contribution in [3.05, 3.63) is 61.5 Å². The molecule has 0 radical (unpaired) electrons. The summed E-state index contributed by atoms with van der Waals surface area (Å²) in [7, 11) is 0. The van der Waals surface area contributed by atoms with Crippen molar-refractivity contribution < 1.29 is 14.3 Å². The second kappa shape index (κ2) is 12.5. The van der Waals surface area contributed by atoms with Crippen LogP contribution in [0.1, 0.15) is 43.4 Å². The van der Waals surface area contributed by atoms with Gasteiger partial charge in [-0.3, -0.25) is 9.59 Å². The van der Waals surface area contributed by atoms with Gasteiger partial charge in [-0.25, -0.2) is 0 Å². The third-order valence-electron chi connectivity index (χ3n) is 5.10. The first-order valence-electron chi connectivity index (χ1n) is 10.6. The molecule has 32 heavy (non-hydrogen) atoms. The van der Waals surface area contributed by atoms with E-state index in [4.69, 9.17) is 27.9 Å². The van der Waals surface area contributed by atoms with Crippen LogP contribution >= 0.6 is 39.1 Å². The molecule has 1 unspecified atom stereocenters. The minimum absolute atomic E-state index is 0.108. The molecule has 2 rings (SSSR count). The summed E-state index contributed by atoms with van der Waals surface area (Å²) >= 11 is 16.2. The number of aryl methyl sites for hydroxylation is 2. The van der Waals surface area contributed by atoms with E-state index in [1.165, 1.54) is 4.90 Å². The van der Waals surface area contributed by atoms with E-state index >= 15 is 0 Å². The van der Waals surface area contributed by atoms with E-state index in [-0.39, 0.29) is 25.0 Å². The van der Waals surface area contributed by atoms with Gasteiger partial charge in [-0.15, -0.1) is 0 Å². The van der Waals surface area contributed by atoms with Gasteiger partial charge in [0, 0.05) is 33.2 Å². The Morgan fingerprint density at radius 3 is 2.25 bits per heavy atom. The summed E-state index contributed by atoms with van der Waals surface area (Å²) in [6.07, 6.45) is 1.25. The number of benzene rings is 2. The minimum Gasteiger partial charge on any atom is -0.484 e. The van der Waals surface area contributed by atoms with Gasteiger partial charge in [0.05, 0.1) is 0 Å². The Balaban J connectivity index is 2.29. The third kappa shape index (κ3) is 6.87. The number of ether oxygens (including phenoxy) is 1. The molecule has 0 heterocycles. The highest BCUT2D eigenvalue weighted by molar-refractivity contribution is 9.10. The Hall–Kier alpha value is -1.76. The van der Waals surface area contributed by atoms with Crippen LogP contribution < -0.4 is 10.1 Å². The van der Waals surface area contributed by atoms with Crippen LogP contribution in [0, 0.1) is 13.8 Å². The SMILES string of the molecule is CCCNC(=O)C(CC)N(Cc1c(Cl)cccc1Cl)C(=O)COc1cc(C)c(Br)c(C)c1. The summed E-state index contributed by atoms with van der Waals surface area (Å²) in [6.45, 7) is 8.21. The van der Waals surface area contributed by atoms with E-state index in [2.05, 4.69) is 21.2 Å². The molecular formula is C24H29BrCl2N2O3. The van der Waals surface area contributed by atoms with Crippen molar-refractivity contribution in [3.63, 3.8) is 0 Å². The zero-order valence-corrected chi connectivity index (χ0v) is 21.9. The zero-order valence-electron chi connectivity index (χ0n) is 18.8. The monoisotopic (exact) mass is 542 g/mol. The highest BCUT2D eigenvalue weighted by atomic mass is 79.9. The fourth-order valence-electron chi connectivity index (χ4n) is 3.36. The number of carbonyl (C=O) groups excluding carboxylic acids is 2. The van der Waals surface area contributed by atoms with Gasteiger partial charge in [-0.1, -0.05) is 59.0 Å². The van der Waals surface area contributed by atoms with Gasteiger partial charge in [0.15, 0.2) is 6.61 Å². The number of amides is 2. The number of nitrogens with one attached hydrogen (secondary N) is 1. The summed E-state index contributed by atoms with van der Waals surface area (Å²) in [4.78, 5) is 27.6. The lowest BCUT2D eigenvalue weighted by molar-refractivity contribution is -0.143. The highest BCUT2D eigenvalue weighted by Gasteiger charge is 2.30. The summed E-state index contributed by atoms with van der Waals surface area (Å²) in [6, 6.07) is 8.24. The average molecular weight is 544 g/mol. The van der Waals surface area contributed by atoms with E-state index in [0.29, 0.717) is 34.3 Å². The van der Waals surface area contributed by atoms with Crippen LogP contribution in [0.15, 0.2) is 34.8 Å². The van der Waals surface area contributed by atoms with Crippen LogP contribution in [0.2, 0.25) is 10.0 Å². The second-order valence-electron chi connectivity index (χ2n) is 7.60. The van der Waals surface area contributed by atoms with Gasteiger partial charge in [-0.2, -0.15) is 0 Å². The molecule has 0 aliphatic heterocycles. The molecule has 0 fully saturated rings. The molecule has 0 aliphatic carbocycles. The van der Waals surface area contributed by atoms with E-state index < -0.39 is 6.04 Å². The van der Waals surface area contributed by atoms with Gasteiger partial charge in [0.2, 0.25) is 5.91 Å². The molecule has 2 aromatic rings. The molecular weight excluding hydrogens is 515 g/mol. The van der Waals surface area contributed by atoms with Crippen LogP contribution in [-0.4, -0.2) is 35.9 Å². The predicted molar refractivity (Wildman–Crippen MR) is 134 cm³/mol. The van der Waals surface area contributed by atoms with Crippen LogP contribution in [0.5, 0.6) is 5.75 Å². The van der Waals surface area contributed by atoms with Gasteiger partial charge >= 0.3 is 0 Å². The number of halogens is 3. The van der Waals surface area contributed by atoms with E-state index in [9.17, 15) is 9.59 Å². The number of carbonyl (C=O) groups is 2.